The Bertz CT molecular complexity index is 1830. The van der Waals surface area contributed by atoms with Crippen LogP contribution in [0.1, 0.15) is 16.7 Å². The average molecular weight is 643 g/mol. The number of carboxylic acid groups (broad SMARTS) is 1. The number of fused-ring (bicyclic) bond motifs is 1. The highest BCUT2D eigenvalue weighted by Crippen LogP contribution is 2.30. The van der Waals surface area contributed by atoms with Gasteiger partial charge >= 0.3 is 12.1 Å². The number of methoxy groups -OCH3 is 1. The number of hydrogen-bond acceptors (Lipinski definition) is 6. The van der Waals surface area contributed by atoms with Gasteiger partial charge in [0.05, 0.1) is 12.0 Å². The highest BCUT2D eigenvalue weighted by molar-refractivity contribution is 7.89. The van der Waals surface area contributed by atoms with E-state index in [9.17, 15) is 26.4 Å². The van der Waals surface area contributed by atoms with Crippen LogP contribution in [0.3, 0.4) is 0 Å². The van der Waals surface area contributed by atoms with E-state index in [0.29, 0.717) is 17.9 Å². The SMILES string of the molecule is COc1ccc2ccc(S(=O)(=O)N(Cc3ccccc3)[C@H]3CN(Cc4cccc(C(=N)N)c4)C3=O)cc2c1.O=C(O)C(F)(F)F. The van der Waals surface area contributed by atoms with Gasteiger partial charge in [-0.05, 0) is 52.2 Å². The van der Waals surface area contributed by atoms with Crippen LogP contribution >= 0.6 is 0 Å². The Morgan fingerprint density at radius 1 is 1.00 bits per heavy atom. The highest BCUT2D eigenvalue weighted by Gasteiger charge is 2.46. The average Bonchev–Trinajstić information content (AvgIpc) is 3.01. The normalized spacial score (nSPS) is 14.8. The van der Waals surface area contributed by atoms with Crippen LogP contribution in [0.15, 0.2) is 95.9 Å². The third kappa shape index (κ3) is 7.77. The summed E-state index contributed by atoms with van der Waals surface area (Å²) in [7, 11) is -2.45. The van der Waals surface area contributed by atoms with Gasteiger partial charge in [0.2, 0.25) is 15.9 Å². The van der Waals surface area contributed by atoms with E-state index in [0.717, 1.165) is 21.9 Å². The maximum Gasteiger partial charge on any atom is 0.490 e. The molecule has 4 aromatic carbocycles. The highest BCUT2D eigenvalue weighted by atomic mass is 32.2. The van der Waals surface area contributed by atoms with Crippen LogP contribution in [0.25, 0.3) is 10.8 Å². The van der Waals surface area contributed by atoms with Gasteiger partial charge in [-0.15, -0.1) is 0 Å². The quantitative estimate of drug-likeness (QED) is 0.139. The zero-order chi connectivity index (χ0) is 32.9. The smallest absolute Gasteiger partial charge is 0.490 e. The molecule has 0 aromatic heterocycles. The molecule has 1 amide bonds. The van der Waals surface area contributed by atoms with E-state index in [4.69, 9.17) is 25.8 Å². The van der Waals surface area contributed by atoms with Crippen LogP contribution in [0.5, 0.6) is 5.75 Å². The van der Waals surface area contributed by atoms with Gasteiger partial charge in [0.1, 0.15) is 17.6 Å². The zero-order valence-corrected chi connectivity index (χ0v) is 24.7. The fraction of sp³-hybridized carbons (Fsp3) is 0.194. The predicted molar refractivity (Wildman–Crippen MR) is 160 cm³/mol. The van der Waals surface area contributed by atoms with Gasteiger partial charge in [-0.1, -0.05) is 60.7 Å². The van der Waals surface area contributed by atoms with E-state index in [-0.39, 0.29) is 29.7 Å². The monoisotopic (exact) mass is 642 g/mol. The molecule has 0 unspecified atom stereocenters. The number of nitrogens with two attached hydrogens (primary N) is 1. The Labute approximate surface area is 257 Å². The summed E-state index contributed by atoms with van der Waals surface area (Å²) in [5, 5.41) is 16.4. The van der Waals surface area contributed by atoms with Gasteiger partial charge in [0, 0.05) is 25.2 Å². The van der Waals surface area contributed by atoms with Gasteiger partial charge < -0.3 is 20.5 Å². The first-order chi connectivity index (χ1) is 21.2. The molecule has 1 fully saturated rings. The number of nitrogens with zero attached hydrogens (tertiary/aromatic N) is 2. The number of ether oxygens (including phenoxy) is 1. The van der Waals surface area contributed by atoms with Crippen molar-refractivity contribution in [3.63, 3.8) is 0 Å². The third-order valence-corrected chi connectivity index (χ3v) is 8.85. The van der Waals surface area contributed by atoms with Crippen LogP contribution in [0.2, 0.25) is 0 Å². The van der Waals surface area contributed by atoms with Crippen molar-refractivity contribution in [2.45, 2.75) is 30.2 Å². The minimum Gasteiger partial charge on any atom is -0.497 e. The predicted octanol–water partition coefficient (Wildman–Crippen LogP) is 4.37. The van der Waals surface area contributed by atoms with E-state index in [2.05, 4.69) is 0 Å². The van der Waals surface area contributed by atoms with Crippen LogP contribution in [-0.2, 0) is 32.7 Å². The summed E-state index contributed by atoms with van der Waals surface area (Å²) in [4.78, 5) is 24.0. The Morgan fingerprint density at radius 3 is 2.24 bits per heavy atom. The Kier molecular flexibility index (Phi) is 9.78. The van der Waals surface area contributed by atoms with Gasteiger partial charge in [0.15, 0.2) is 0 Å². The second kappa shape index (κ2) is 13.4. The lowest BCUT2D eigenvalue weighted by Gasteiger charge is -2.43. The largest absolute Gasteiger partial charge is 0.497 e. The molecule has 4 N–H and O–H groups in total. The molecule has 45 heavy (non-hydrogen) atoms. The Balaban J connectivity index is 0.000000591. The van der Waals surface area contributed by atoms with E-state index in [1.165, 1.54) is 4.31 Å². The van der Waals surface area contributed by atoms with Crippen molar-refractivity contribution in [2.75, 3.05) is 13.7 Å². The molecule has 0 aliphatic carbocycles. The number of carboxylic acids is 1. The molecule has 1 aliphatic heterocycles. The van der Waals surface area contributed by atoms with Crippen LogP contribution < -0.4 is 10.5 Å². The lowest BCUT2D eigenvalue weighted by molar-refractivity contribution is -0.192. The number of sulfonamides is 1. The van der Waals surface area contributed by atoms with E-state index in [1.807, 2.05) is 48.5 Å². The summed E-state index contributed by atoms with van der Waals surface area (Å²) in [5.74, 6) is -2.44. The fourth-order valence-corrected chi connectivity index (χ4v) is 6.24. The van der Waals surface area contributed by atoms with Crippen LogP contribution in [0, 0.1) is 5.41 Å². The number of nitrogen functional groups attached to an aromatic ring is 1. The van der Waals surface area contributed by atoms with Crippen molar-refractivity contribution in [2.24, 2.45) is 5.73 Å². The first kappa shape index (κ1) is 33.0. The number of carbonyl (C=O) groups excluding carboxylic acids is 1. The van der Waals surface area contributed by atoms with E-state index >= 15 is 0 Å². The van der Waals surface area contributed by atoms with Gasteiger partial charge in [0.25, 0.3) is 0 Å². The molecule has 10 nitrogen and oxygen atoms in total. The molecule has 0 spiro atoms. The molecule has 14 heteroatoms. The molecule has 1 aliphatic rings. The first-order valence-corrected chi connectivity index (χ1v) is 14.8. The summed E-state index contributed by atoms with van der Waals surface area (Å²) in [6.07, 6.45) is -5.08. The molecular formula is C31H29F3N4O6S. The molecule has 0 saturated carbocycles. The molecule has 0 radical (unpaired) electrons. The molecule has 5 rings (SSSR count). The van der Waals surface area contributed by atoms with Crippen molar-refractivity contribution in [1.82, 2.24) is 9.21 Å². The zero-order valence-electron chi connectivity index (χ0n) is 23.9. The molecule has 4 aromatic rings. The summed E-state index contributed by atoms with van der Waals surface area (Å²) in [6, 6.07) is 26.0. The number of nitrogens with one attached hydrogen (secondary N) is 1. The summed E-state index contributed by atoms with van der Waals surface area (Å²) in [5.41, 5.74) is 7.79. The standard InChI is InChI=1S/C29H28N4O4S.C2HF3O2/c1-37-25-12-10-22-11-13-26(16-24(22)15-25)38(35,36)33(18-20-6-3-2-4-7-20)27-19-32(29(27)34)17-21-8-5-9-23(14-21)28(30)31;3-2(4,5)1(6)7/h2-16,27H,17-19H2,1H3,(H3,30,31);(H,6,7)/t27-;/m0./s1. The maximum absolute atomic E-state index is 14.0. The number of aliphatic carboxylic acids is 1. The number of alkyl halides is 3. The minimum atomic E-state index is -5.08. The number of benzene rings is 4. The van der Waals surface area contributed by atoms with Crippen molar-refractivity contribution < 1.29 is 41.0 Å². The van der Waals surface area contributed by atoms with Gasteiger partial charge in [-0.2, -0.15) is 17.5 Å². The fourth-order valence-electron chi connectivity index (χ4n) is 4.64. The Hall–Kier alpha value is -4.95. The topological polar surface area (TPSA) is 154 Å². The van der Waals surface area contributed by atoms with E-state index < -0.39 is 28.2 Å². The first-order valence-electron chi connectivity index (χ1n) is 13.4. The molecule has 0 bridgehead atoms. The van der Waals surface area contributed by atoms with Crippen LogP contribution in [0.4, 0.5) is 13.2 Å². The summed E-state index contributed by atoms with van der Waals surface area (Å²) >= 11 is 0. The van der Waals surface area contributed by atoms with E-state index in [1.54, 1.807) is 54.5 Å². The number of carbonyl (C=O) groups is 2. The lowest BCUT2D eigenvalue weighted by Crippen LogP contribution is -2.64. The molecule has 236 valence electrons. The molecule has 1 atom stereocenters. The molecule has 1 heterocycles. The van der Waals surface area contributed by atoms with Crippen molar-refractivity contribution in [3.8, 4) is 5.75 Å². The Morgan fingerprint density at radius 2 is 1.64 bits per heavy atom. The van der Waals surface area contributed by atoms with Crippen LogP contribution in [-0.4, -0.2) is 66.3 Å². The number of rotatable bonds is 9. The van der Waals surface area contributed by atoms with Gasteiger partial charge in [-0.3, -0.25) is 10.2 Å². The number of amides is 1. The lowest BCUT2D eigenvalue weighted by atomic mass is 10.0. The number of likely N-dealkylation sites (tertiary alicyclic amines) is 1. The number of amidine groups is 1. The molecule has 1 saturated heterocycles. The number of halogens is 3. The second-order valence-electron chi connectivity index (χ2n) is 10.1. The van der Waals surface area contributed by atoms with Crippen molar-refractivity contribution in [3.05, 3.63) is 108 Å². The van der Waals surface area contributed by atoms with Gasteiger partial charge in [-0.25, -0.2) is 13.2 Å². The third-order valence-electron chi connectivity index (χ3n) is 7.00. The number of β-lactam (4-membered cyclic amide) rings is 1. The molecular weight excluding hydrogens is 613 g/mol. The maximum atomic E-state index is 14.0. The van der Waals surface area contributed by atoms with Crippen molar-refractivity contribution in [1.29, 1.82) is 5.41 Å². The minimum absolute atomic E-state index is 0.0483. The second-order valence-corrected chi connectivity index (χ2v) is 12.0. The van der Waals surface area contributed by atoms with Crippen molar-refractivity contribution >= 4 is 38.5 Å². The summed E-state index contributed by atoms with van der Waals surface area (Å²) in [6.45, 7) is 0.644. The number of hydrogen-bond donors (Lipinski definition) is 3. The summed E-state index contributed by atoms with van der Waals surface area (Å²) < 4.78 is 66.3.